The van der Waals surface area contributed by atoms with E-state index in [0.29, 0.717) is 13.0 Å². The molecule has 1 unspecified atom stereocenters. The fourth-order valence-corrected chi connectivity index (χ4v) is 3.79. The monoisotopic (exact) mass is 370 g/mol. The highest BCUT2D eigenvalue weighted by atomic mass is 32.2. The second-order valence-corrected chi connectivity index (χ2v) is 7.65. The maximum atomic E-state index is 12.8. The second kappa shape index (κ2) is 8.30. The van der Waals surface area contributed by atoms with Crippen LogP contribution >= 0.6 is 0 Å². The number of anilines is 1. The summed E-state index contributed by atoms with van der Waals surface area (Å²) in [5.74, 6) is -1.38. The normalized spacial score (nSPS) is 18.0. The van der Waals surface area contributed by atoms with Gasteiger partial charge in [0.2, 0.25) is 10.0 Å². The predicted molar refractivity (Wildman–Crippen MR) is 92.0 cm³/mol. The quantitative estimate of drug-likeness (QED) is 0.744. The van der Waals surface area contributed by atoms with Crippen molar-refractivity contribution in [1.29, 1.82) is 0 Å². The third kappa shape index (κ3) is 5.43. The molecule has 1 aromatic rings. The number of carboxylic acid groups (broad SMARTS) is 1. The second-order valence-electron chi connectivity index (χ2n) is 5.81. The molecule has 1 aliphatic rings. The maximum absolute atomic E-state index is 12.8. The first kappa shape index (κ1) is 19.2. The number of carboxylic acids is 1. The van der Waals surface area contributed by atoms with Gasteiger partial charge in [0.15, 0.2) is 0 Å². The average Bonchev–Trinajstić information content (AvgIpc) is 2.54. The van der Waals surface area contributed by atoms with E-state index in [1.165, 1.54) is 11.0 Å². The van der Waals surface area contributed by atoms with Crippen LogP contribution < -0.4 is 4.72 Å². The highest BCUT2D eigenvalue weighted by Gasteiger charge is 2.28. The van der Waals surface area contributed by atoms with Gasteiger partial charge >= 0.3 is 5.97 Å². The van der Waals surface area contributed by atoms with Crippen molar-refractivity contribution in [2.75, 3.05) is 30.2 Å². The number of hydrogen-bond acceptors (Lipinski definition) is 5. The van der Waals surface area contributed by atoms with Crippen LogP contribution in [0.4, 0.5) is 5.69 Å². The lowest BCUT2D eigenvalue weighted by molar-refractivity contribution is -0.141. The Labute approximate surface area is 146 Å². The Bertz CT molecular complexity index is 734. The molecule has 1 aromatic carbocycles. The van der Waals surface area contributed by atoms with Crippen molar-refractivity contribution in [3.05, 3.63) is 29.8 Å². The first-order chi connectivity index (χ1) is 11.8. The lowest BCUT2D eigenvalue weighted by atomic mass is 10.1. The van der Waals surface area contributed by atoms with Crippen molar-refractivity contribution in [1.82, 2.24) is 4.90 Å². The van der Waals surface area contributed by atoms with Gasteiger partial charge in [0.25, 0.3) is 5.91 Å². The summed E-state index contributed by atoms with van der Waals surface area (Å²) in [5, 5.41) is 8.87. The maximum Gasteiger partial charge on any atom is 0.306 e. The molecule has 1 amide bonds. The molecular weight excluding hydrogens is 348 g/mol. The summed E-state index contributed by atoms with van der Waals surface area (Å²) in [7, 11) is -3.52. The van der Waals surface area contributed by atoms with Crippen LogP contribution in [0.2, 0.25) is 0 Å². The minimum atomic E-state index is -3.52. The van der Waals surface area contributed by atoms with E-state index in [1.807, 2.05) is 0 Å². The molecule has 2 rings (SSSR count). The zero-order chi connectivity index (χ0) is 18.4. The van der Waals surface area contributed by atoms with Gasteiger partial charge in [-0.3, -0.25) is 14.3 Å². The summed E-state index contributed by atoms with van der Waals surface area (Å²) in [6.45, 7) is 2.48. The fourth-order valence-electron chi connectivity index (χ4n) is 2.64. The molecule has 0 saturated carbocycles. The molecule has 0 aliphatic carbocycles. The van der Waals surface area contributed by atoms with E-state index in [4.69, 9.17) is 9.84 Å². The Morgan fingerprint density at radius 3 is 2.76 bits per heavy atom. The van der Waals surface area contributed by atoms with Gasteiger partial charge in [0, 0.05) is 13.1 Å². The van der Waals surface area contributed by atoms with Crippen LogP contribution in [0.15, 0.2) is 24.3 Å². The Hall–Kier alpha value is -2.13. The summed E-state index contributed by atoms with van der Waals surface area (Å²) in [6.07, 6.45) is -0.292. The predicted octanol–water partition coefficient (Wildman–Crippen LogP) is 1.15. The highest BCUT2D eigenvalue weighted by Crippen LogP contribution is 2.21. The van der Waals surface area contributed by atoms with E-state index in [-0.39, 0.29) is 42.5 Å². The van der Waals surface area contributed by atoms with Crippen LogP contribution in [0.5, 0.6) is 0 Å². The highest BCUT2D eigenvalue weighted by molar-refractivity contribution is 7.92. The molecule has 0 bridgehead atoms. The largest absolute Gasteiger partial charge is 0.481 e. The van der Waals surface area contributed by atoms with E-state index in [1.54, 1.807) is 25.1 Å². The van der Waals surface area contributed by atoms with Crippen LogP contribution in [0, 0.1) is 0 Å². The summed E-state index contributed by atoms with van der Waals surface area (Å²) in [4.78, 5) is 25.1. The van der Waals surface area contributed by atoms with Crippen molar-refractivity contribution < 1.29 is 27.9 Å². The molecule has 25 heavy (non-hydrogen) atoms. The van der Waals surface area contributed by atoms with Gasteiger partial charge in [0.05, 0.1) is 36.1 Å². The lowest BCUT2D eigenvalue weighted by Gasteiger charge is -2.32. The Morgan fingerprint density at radius 1 is 1.36 bits per heavy atom. The van der Waals surface area contributed by atoms with Crippen molar-refractivity contribution in [3.8, 4) is 0 Å². The summed E-state index contributed by atoms with van der Waals surface area (Å²) in [5.41, 5.74) is 0.459. The Kier molecular flexibility index (Phi) is 6.38. The number of ether oxygens (including phenoxy) is 1. The number of carbonyl (C=O) groups excluding carboxylic acids is 1. The van der Waals surface area contributed by atoms with Crippen molar-refractivity contribution in [3.63, 3.8) is 0 Å². The number of nitrogens with zero attached hydrogens (tertiary/aromatic N) is 1. The number of morpholine rings is 1. The Balaban J connectivity index is 2.18. The van der Waals surface area contributed by atoms with Gasteiger partial charge in [0.1, 0.15) is 0 Å². The van der Waals surface area contributed by atoms with Gasteiger partial charge in [-0.25, -0.2) is 8.42 Å². The minimum absolute atomic E-state index is 0.0340. The number of carbonyl (C=O) groups is 2. The SMILES string of the molecule is CCCS(=O)(=O)Nc1ccccc1C(=O)N1CCOC(CC(=O)O)C1. The van der Waals surface area contributed by atoms with E-state index in [0.717, 1.165) is 0 Å². The average molecular weight is 370 g/mol. The summed E-state index contributed by atoms with van der Waals surface area (Å²) < 4.78 is 31.8. The van der Waals surface area contributed by atoms with Crippen LogP contribution in [0.25, 0.3) is 0 Å². The van der Waals surface area contributed by atoms with Crippen LogP contribution in [-0.2, 0) is 19.6 Å². The smallest absolute Gasteiger partial charge is 0.306 e. The number of benzene rings is 1. The minimum Gasteiger partial charge on any atom is -0.481 e. The number of hydrogen-bond donors (Lipinski definition) is 2. The van der Waals surface area contributed by atoms with Gasteiger partial charge in [-0.15, -0.1) is 0 Å². The number of aliphatic carboxylic acids is 1. The summed E-state index contributed by atoms with van der Waals surface area (Å²) >= 11 is 0. The van der Waals surface area contributed by atoms with Crippen LogP contribution in [0.1, 0.15) is 30.1 Å². The fraction of sp³-hybridized carbons (Fsp3) is 0.500. The molecule has 0 radical (unpaired) electrons. The molecule has 1 atom stereocenters. The zero-order valence-electron chi connectivity index (χ0n) is 14.0. The van der Waals surface area contributed by atoms with Gasteiger partial charge in [-0.05, 0) is 18.6 Å². The number of nitrogens with one attached hydrogen (secondary N) is 1. The molecular formula is C16H22N2O6S. The molecule has 0 spiro atoms. The van der Waals surface area contributed by atoms with Crippen molar-refractivity contribution in [2.45, 2.75) is 25.9 Å². The third-order valence-corrected chi connectivity index (χ3v) is 5.20. The van der Waals surface area contributed by atoms with E-state index >= 15 is 0 Å². The van der Waals surface area contributed by atoms with Gasteiger partial charge in [-0.1, -0.05) is 19.1 Å². The van der Waals surface area contributed by atoms with E-state index < -0.39 is 22.1 Å². The standard InChI is InChI=1S/C16H22N2O6S/c1-2-9-25(22,23)17-14-6-4-3-5-13(14)16(21)18-7-8-24-12(11-18)10-15(19)20/h3-6,12,17H,2,7-11H2,1H3,(H,19,20). The molecule has 138 valence electrons. The summed E-state index contributed by atoms with van der Waals surface area (Å²) in [6, 6.07) is 6.39. The topological polar surface area (TPSA) is 113 Å². The number of rotatable bonds is 7. The van der Waals surface area contributed by atoms with Crippen LogP contribution in [-0.4, -0.2) is 61.9 Å². The number of amides is 1. The van der Waals surface area contributed by atoms with Crippen molar-refractivity contribution >= 4 is 27.6 Å². The lowest BCUT2D eigenvalue weighted by Crippen LogP contribution is -2.46. The first-order valence-electron chi connectivity index (χ1n) is 8.04. The first-order valence-corrected chi connectivity index (χ1v) is 9.70. The molecule has 1 fully saturated rings. The number of sulfonamides is 1. The van der Waals surface area contributed by atoms with Crippen molar-refractivity contribution in [2.24, 2.45) is 0 Å². The molecule has 1 saturated heterocycles. The molecule has 2 N–H and O–H groups in total. The van der Waals surface area contributed by atoms with E-state index in [2.05, 4.69) is 4.72 Å². The Morgan fingerprint density at radius 2 is 2.08 bits per heavy atom. The van der Waals surface area contributed by atoms with Gasteiger partial charge < -0.3 is 14.7 Å². The van der Waals surface area contributed by atoms with Gasteiger partial charge in [-0.2, -0.15) is 0 Å². The third-order valence-electron chi connectivity index (χ3n) is 3.72. The van der Waals surface area contributed by atoms with Crippen LogP contribution in [0.3, 0.4) is 0 Å². The molecule has 1 aliphatic heterocycles. The molecule has 9 heteroatoms. The molecule has 1 heterocycles. The number of para-hydroxylation sites is 1. The molecule has 0 aromatic heterocycles. The van der Waals surface area contributed by atoms with E-state index in [9.17, 15) is 18.0 Å². The molecule has 8 nitrogen and oxygen atoms in total. The zero-order valence-corrected chi connectivity index (χ0v) is 14.8.